The Morgan fingerprint density at radius 3 is 1.92 bits per heavy atom. The Morgan fingerprint density at radius 1 is 0.812 bits per heavy atom. The summed E-state index contributed by atoms with van der Waals surface area (Å²) in [7, 11) is 0. The van der Waals surface area contributed by atoms with Crippen LogP contribution in [0, 0.1) is 35.0 Å². The predicted octanol–water partition coefficient (Wildman–Crippen LogP) is 5.20. The van der Waals surface area contributed by atoms with E-state index in [1.807, 2.05) is 6.92 Å². The largest absolute Gasteiger partial charge is 0.462 e. The Labute approximate surface area is 282 Å². The minimum absolute atomic E-state index is 0.0428. The molecule has 1 saturated carbocycles. The van der Waals surface area contributed by atoms with Crippen LogP contribution in [0.4, 0.5) is 0 Å². The lowest BCUT2D eigenvalue weighted by molar-refractivity contribution is -0.184. The van der Waals surface area contributed by atoms with Crippen LogP contribution < -0.4 is 0 Å². The summed E-state index contributed by atoms with van der Waals surface area (Å²) in [6.07, 6.45) is -2.93. The highest BCUT2D eigenvalue weighted by Crippen LogP contribution is 2.47. The molecule has 1 aromatic carbocycles. The zero-order valence-electron chi connectivity index (χ0n) is 29.2. The Bertz CT molecular complexity index is 1430. The Kier molecular flexibility index (Phi) is 12.5. The second kappa shape index (κ2) is 15.7. The number of esters is 5. The van der Waals surface area contributed by atoms with Gasteiger partial charge in [0.1, 0.15) is 18.0 Å². The molecule has 262 valence electrons. The number of benzene rings is 1. The van der Waals surface area contributed by atoms with Crippen molar-refractivity contribution in [2.75, 3.05) is 0 Å². The number of rotatable bonds is 7. The second-order valence-electron chi connectivity index (χ2n) is 13.7. The van der Waals surface area contributed by atoms with E-state index in [1.54, 1.807) is 65.0 Å². The maximum atomic E-state index is 14.2. The van der Waals surface area contributed by atoms with Crippen LogP contribution in [-0.4, -0.2) is 66.1 Å². The molecule has 4 unspecified atom stereocenters. The average Bonchev–Trinajstić information content (AvgIpc) is 3.32. The van der Waals surface area contributed by atoms with Gasteiger partial charge in [-0.1, -0.05) is 78.5 Å². The monoisotopic (exact) mass is 668 g/mol. The van der Waals surface area contributed by atoms with Crippen LogP contribution in [-0.2, 0) is 47.7 Å². The summed E-state index contributed by atoms with van der Waals surface area (Å²) in [4.78, 5) is 79.0. The molecule has 0 radical (unpaired) electrons. The van der Waals surface area contributed by atoms with Crippen molar-refractivity contribution in [2.45, 2.75) is 99.3 Å². The van der Waals surface area contributed by atoms with Gasteiger partial charge in [0.05, 0.1) is 11.5 Å². The van der Waals surface area contributed by atoms with Gasteiger partial charge in [0.25, 0.3) is 0 Å². The Balaban J connectivity index is 2.41. The molecule has 1 fully saturated rings. The van der Waals surface area contributed by atoms with Crippen molar-refractivity contribution >= 4 is 35.6 Å². The average molecular weight is 669 g/mol. The van der Waals surface area contributed by atoms with Gasteiger partial charge in [0, 0.05) is 49.5 Å². The van der Waals surface area contributed by atoms with Crippen LogP contribution >= 0.6 is 0 Å². The van der Waals surface area contributed by atoms with Gasteiger partial charge in [-0.15, -0.1) is 0 Å². The number of carbonyl (C=O) groups excluding carboxylic acids is 6. The number of ether oxygens (including phenoxy) is 5. The molecule has 0 amide bonds. The van der Waals surface area contributed by atoms with Gasteiger partial charge in [0.2, 0.25) is 0 Å². The van der Waals surface area contributed by atoms with Crippen LogP contribution in [0.5, 0.6) is 0 Å². The molecule has 0 saturated heterocycles. The van der Waals surface area contributed by atoms with Crippen molar-refractivity contribution in [1.82, 2.24) is 0 Å². The first-order chi connectivity index (χ1) is 22.3. The van der Waals surface area contributed by atoms with E-state index in [-0.39, 0.29) is 22.8 Å². The molecule has 0 aromatic heterocycles. The molecule has 0 aliphatic heterocycles. The molecular formula is C37H48O11. The van der Waals surface area contributed by atoms with Crippen molar-refractivity contribution in [2.24, 2.45) is 35.0 Å². The molecule has 0 N–H and O–H groups in total. The predicted molar refractivity (Wildman–Crippen MR) is 174 cm³/mol. The molecule has 11 nitrogen and oxygen atoms in total. The van der Waals surface area contributed by atoms with E-state index in [1.165, 1.54) is 26.0 Å². The zero-order chi connectivity index (χ0) is 36.1. The summed E-state index contributed by atoms with van der Waals surface area (Å²) in [6, 6.07) is 8.05. The number of hydrogen-bond donors (Lipinski definition) is 0. The molecule has 11 heteroatoms. The van der Waals surface area contributed by atoms with Gasteiger partial charge in [-0.25, -0.2) is 4.79 Å². The smallest absolute Gasteiger partial charge is 0.338 e. The highest BCUT2D eigenvalue weighted by molar-refractivity contribution is 5.89. The maximum Gasteiger partial charge on any atom is 0.338 e. The molecule has 2 aliphatic rings. The first kappa shape index (κ1) is 38.2. The number of carbonyl (C=O) groups is 6. The van der Waals surface area contributed by atoms with Crippen LogP contribution in [0.2, 0.25) is 0 Å². The quantitative estimate of drug-likeness (QED) is 0.214. The molecule has 2 aliphatic carbocycles. The van der Waals surface area contributed by atoms with E-state index < -0.39 is 89.5 Å². The third kappa shape index (κ3) is 8.99. The normalized spacial score (nSPS) is 30.9. The molecular weight excluding hydrogens is 620 g/mol. The van der Waals surface area contributed by atoms with Crippen LogP contribution in [0.15, 0.2) is 54.6 Å². The van der Waals surface area contributed by atoms with Crippen molar-refractivity contribution in [3.05, 3.63) is 60.2 Å². The number of Topliss-reactive ketones (excluding diaryl/α,β-unsaturated/α-hetero) is 1. The first-order valence-electron chi connectivity index (χ1n) is 16.3. The summed E-state index contributed by atoms with van der Waals surface area (Å²) in [5, 5.41) is 0. The Hall–Kier alpha value is -4.28. The van der Waals surface area contributed by atoms with Gasteiger partial charge in [-0.05, 0) is 24.5 Å². The lowest BCUT2D eigenvalue weighted by Gasteiger charge is -2.42. The summed E-state index contributed by atoms with van der Waals surface area (Å²) >= 11 is 0. The van der Waals surface area contributed by atoms with Crippen molar-refractivity contribution < 1.29 is 52.5 Å². The molecule has 0 spiro atoms. The lowest BCUT2D eigenvalue weighted by atomic mass is 9.74. The van der Waals surface area contributed by atoms with Gasteiger partial charge < -0.3 is 23.7 Å². The van der Waals surface area contributed by atoms with E-state index in [0.717, 1.165) is 6.92 Å². The summed E-state index contributed by atoms with van der Waals surface area (Å²) < 4.78 is 29.7. The summed E-state index contributed by atoms with van der Waals surface area (Å²) in [5.41, 5.74) is -0.992. The number of hydrogen-bond acceptors (Lipinski definition) is 11. The minimum Gasteiger partial charge on any atom is -0.462 e. The van der Waals surface area contributed by atoms with Gasteiger partial charge in [0.15, 0.2) is 18.3 Å². The van der Waals surface area contributed by atoms with Crippen LogP contribution in [0.3, 0.4) is 0 Å². The third-order valence-corrected chi connectivity index (χ3v) is 8.92. The SMILES string of the molecule is C=C1C(OC(=O)C(C)C)C2C(C[C@@H](C)[C@H]2OC(C)=O)C(=O)[C@H](C)/C=C\C(C)(C)C(OC(C)=O)[C@@H](OC(C)=O)[C@@H]1OC(=O)c1ccccc1. The molecule has 1 aromatic rings. The lowest BCUT2D eigenvalue weighted by Crippen LogP contribution is -2.54. The summed E-state index contributed by atoms with van der Waals surface area (Å²) in [5.74, 6) is -7.08. The highest BCUT2D eigenvalue weighted by Gasteiger charge is 2.56. The van der Waals surface area contributed by atoms with E-state index >= 15 is 0 Å². The van der Waals surface area contributed by atoms with Gasteiger partial charge in [-0.2, -0.15) is 0 Å². The van der Waals surface area contributed by atoms with E-state index in [4.69, 9.17) is 23.7 Å². The minimum atomic E-state index is -1.58. The molecule has 0 bridgehead atoms. The molecule has 0 heterocycles. The molecule has 9 atom stereocenters. The number of allylic oxidation sites excluding steroid dienone is 1. The topological polar surface area (TPSA) is 149 Å². The van der Waals surface area contributed by atoms with E-state index in [9.17, 15) is 28.8 Å². The maximum absolute atomic E-state index is 14.2. The fourth-order valence-corrected chi connectivity index (χ4v) is 6.53. The highest BCUT2D eigenvalue weighted by atomic mass is 16.6. The second-order valence-corrected chi connectivity index (χ2v) is 13.7. The van der Waals surface area contributed by atoms with Crippen molar-refractivity contribution in [1.29, 1.82) is 0 Å². The summed E-state index contributed by atoms with van der Waals surface area (Å²) in [6.45, 7) is 18.1. The van der Waals surface area contributed by atoms with E-state index in [2.05, 4.69) is 6.58 Å². The third-order valence-electron chi connectivity index (χ3n) is 8.92. The van der Waals surface area contributed by atoms with E-state index in [0.29, 0.717) is 6.42 Å². The fraction of sp³-hybridized carbons (Fsp3) is 0.568. The number of ketones is 1. The molecule has 48 heavy (non-hydrogen) atoms. The first-order valence-corrected chi connectivity index (χ1v) is 16.3. The van der Waals surface area contributed by atoms with Crippen LogP contribution in [0.1, 0.15) is 79.1 Å². The standard InChI is InChI=1S/C37H48O11/c1-19(2)35(42)47-31-22(5)32(48-36(43)26-14-12-11-13-15-26)33(45-24(7)39)34(46-25(8)40)37(9,10)17-16-20(3)29(41)27-18-21(4)30(28(27)31)44-23(6)38/h11-17,19-21,27-28,30-34H,5,18H2,1-4,6-10H3/b17-16-/t20-,21-,27?,28?,30-,31?,32-,33+,34?/m1/s1. The zero-order valence-corrected chi connectivity index (χ0v) is 29.2. The van der Waals surface area contributed by atoms with Crippen LogP contribution in [0.25, 0.3) is 0 Å². The van der Waals surface area contributed by atoms with Gasteiger partial charge >= 0.3 is 29.8 Å². The van der Waals surface area contributed by atoms with Crippen molar-refractivity contribution in [3.63, 3.8) is 0 Å². The number of fused-ring (bicyclic) bond motifs is 1. The molecule has 3 rings (SSSR count). The fourth-order valence-electron chi connectivity index (χ4n) is 6.53. The van der Waals surface area contributed by atoms with Gasteiger partial charge in [-0.3, -0.25) is 24.0 Å². The Morgan fingerprint density at radius 2 is 1.38 bits per heavy atom. The van der Waals surface area contributed by atoms with Crippen molar-refractivity contribution in [3.8, 4) is 0 Å².